The Kier molecular flexibility index (Phi) is 7.57. The van der Waals surface area contributed by atoms with E-state index in [0.29, 0.717) is 0 Å². The van der Waals surface area contributed by atoms with Crippen molar-refractivity contribution < 1.29 is 0 Å². The molecule has 0 atom stereocenters. The molecule has 4 rings (SSSR count). The summed E-state index contributed by atoms with van der Waals surface area (Å²) in [7, 11) is 1.90. The van der Waals surface area contributed by atoms with E-state index in [9.17, 15) is 0 Å². The van der Waals surface area contributed by atoms with E-state index in [4.69, 9.17) is 0 Å². The van der Waals surface area contributed by atoms with Crippen LogP contribution in [-0.4, -0.2) is 78.0 Å². The first-order chi connectivity index (χ1) is 14.7. The molecule has 2 aliphatic rings. The Morgan fingerprint density at radius 1 is 1.20 bits per heavy atom. The zero-order valence-corrected chi connectivity index (χ0v) is 19.7. The van der Waals surface area contributed by atoms with Gasteiger partial charge in [0.2, 0.25) is 5.13 Å². The lowest BCUT2D eigenvalue weighted by molar-refractivity contribution is 0.178. The van der Waals surface area contributed by atoms with Crippen molar-refractivity contribution in [1.82, 2.24) is 24.5 Å². The van der Waals surface area contributed by atoms with Crippen molar-refractivity contribution in [3.05, 3.63) is 28.2 Å². The van der Waals surface area contributed by atoms with Crippen molar-refractivity contribution in [2.24, 2.45) is 10.9 Å². The number of guanidine groups is 1. The zero-order valence-electron chi connectivity index (χ0n) is 18.1. The number of piperazine rings is 1. The summed E-state index contributed by atoms with van der Waals surface area (Å²) in [4.78, 5) is 18.0. The molecule has 2 aliphatic heterocycles. The van der Waals surface area contributed by atoms with Gasteiger partial charge in [-0.2, -0.15) is 4.37 Å². The first-order valence-corrected chi connectivity index (χ1v) is 12.7. The molecule has 2 saturated heterocycles. The number of aromatic nitrogens is 2. The van der Waals surface area contributed by atoms with E-state index in [1.54, 1.807) is 0 Å². The average molecular weight is 448 g/mol. The molecular formula is C21H33N7S2. The summed E-state index contributed by atoms with van der Waals surface area (Å²) in [6.45, 7) is 10.5. The van der Waals surface area contributed by atoms with Gasteiger partial charge in [0.15, 0.2) is 5.96 Å². The van der Waals surface area contributed by atoms with Gasteiger partial charge < -0.3 is 15.1 Å². The minimum absolute atomic E-state index is 0.733. The van der Waals surface area contributed by atoms with E-state index in [1.165, 1.54) is 42.3 Å². The number of hydrogen-bond donors (Lipinski definition) is 1. The second kappa shape index (κ2) is 10.5. The molecule has 2 fully saturated rings. The molecule has 0 amide bonds. The second-order valence-electron chi connectivity index (χ2n) is 8.05. The van der Waals surface area contributed by atoms with E-state index in [1.807, 2.05) is 18.4 Å². The largest absolute Gasteiger partial charge is 0.356 e. The summed E-state index contributed by atoms with van der Waals surface area (Å²) in [6, 6.07) is 4.40. The Balaban J connectivity index is 1.18. The van der Waals surface area contributed by atoms with Crippen LogP contribution >= 0.6 is 22.9 Å². The minimum Gasteiger partial charge on any atom is -0.356 e. The number of thiophene rings is 1. The summed E-state index contributed by atoms with van der Waals surface area (Å²) in [5.74, 6) is 2.73. The first kappa shape index (κ1) is 21.5. The number of hydrogen-bond acceptors (Lipinski definition) is 7. The number of likely N-dealkylation sites (tertiary alicyclic amines) is 1. The summed E-state index contributed by atoms with van der Waals surface area (Å²) in [5.41, 5.74) is 0. The Bertz CT molecular complexity index is 788. The summed E-state index contributed by atoms with van der Waals surface area (Å²) in [6.07, 6.45) is 3.43. The zero-order chi connectivity index (χ0) is 20.8. The molecule has 0 aromatic carbocycles. The molecule has 164 valence electrons. The standard InChI is InChI=1S/C21H33N7S2/c1-3-19-24-21(30-25-19)28-12-10-27(11-13-28)20(22-2)23-15-17-6-8-26(9-7-17)16-18-5-4-14-29-18/h4-5,14,17H,3,6-13,15-16H2,1-2H3,(H,22,23). The average Bonchev–Trinajstić information content (AvgIpc) is 3.48. The molecule has 2 aromatic rings. The van der Waals surface area contributed by atoms with Crippen LogP contribution in [0.15, 0.2) is 22.5 Å². The molecule has 4 heterocycles. The summed E-state index contributed by atoms with van der Waals surface area (Å²) < 4.78 is 4.42. The van der Waals surface area contributed by atoms with Gasteiger partial charge in [-0.3, -0.25) is 9.89 Å². The summed E-state index contributed by atoms with van der Waals surface area (Å²) >= 11 is 3.39. The number of nitrogens with one attached hydrogen (secondary N) is 1. The van der Waals surface area contributed by atoms with Gasteiger partial charge in [-0.1, -0.05) is 13.0 Å². The first-order valence-electron chi connectivity index (χ1n) is 11.0. The van der Waals surface area contributed by atoms with Gasteiger partial charge in [0.05, 0.1) is 0 Å². The maximum atomic E-state index is 4.63. The van der Waals surface area contributed by atoms with Crippen LogP contribution in [0, 0.1) is 5.92 Å². The van der Waals surface area contributed by atoms with Gasteiger partial charge in [-0.15, -0.1) is 11.3 Å². The third-order valence-electron chi connectivity index (χ3n) is 6.05. The molecule has 0 bridgehead atoms. The van der Waals surface area contributed by atoms with Crippen molar-refractivity contribution in [3.63, 3.8) is 0 Å². The van der Waals surface area contributed by atoms with E-state index < -0.39 is 0 Å². The van der Waals surface area contributed by atoms with Crippen molar-refractivity contribution in [3.8, 4) is 0 Å². The Morgan fingerprint density at radius 3 is 2.63 bits per heavy atom. The van der Waals surface area contributed by atoms with Crippen LogP contribution in [0.25, 0.3) is 0 Å². The predicted molar refractivity (Wildman–Crippen MR) is 127 cm³/mol. The van der Waals surface area contributed by atoms with Crippen molar-refractivity contribution in [1.29, 1.82) is 0 Å². The van der Waals surface area contributed by atoms with Crippen LogP contribution in [0.3, 0.4) is 0 Å². The Morgan fingerprint density at radius 2 is 2.00 bits per heavy atom. The van der Waals surface area contributed by atoms with E-state index in [0.717, 1.165) is 68.5 Å². The van der Waals surface area contributed by atoms with Gasteiger partial charge in [0.1, 0.15) is 5.82 Å². The molecule has 7 nitrogen and oxygen atoms in total. The van der Waals surface area contributed by atoms with Crippen LogP contribution in [0.2, 0.25) is 0 Å². The van der Waals surface area contributed by atoms with E-state index in [-0.39, 0.29) is 0 Å². The number of nitrogens with zero attached hydrogens (tertiary/aromatic N) is 6. The third-order valence-corrected chi connectivity index (χ3v) is 7.73. The SMILES string of the molecule is CCc1nsc(N2CCN(C(=NC)NCC3CCN(Cc4cccs4)CC3)CC2)n1. The Hall–Kier alpha value is -1.71. The lowest BCUT2D eigenvalue weighted by Gasteiger charge is -2.37. The normalized spacial score (nSPS) is 19.5. The fourth-order valence-corrected chi connectivity index (χ4v) is 5.71. The van der Waals surface area contributed by atoms with E-state index in [2.05, 4.69) is 58.8 Å². The van der Waals surface area contributed by atoms with Gasteiger partial charge in [0.25, 0.3) is 0 Å². The lowest BCUT2D eigenvalue weighted by atomic mass is 9.97. The number of anilines is 1. The van der Waals surface area contributed by atoms with Gasteiger partial charge in [-0.05, 0) is 43.3 Å². The molecule has 0 radical (unpaired) electrons. The van der Waals surface area contributed by atoms with Crippen molar-refractivity contribution >= 4 is 34.0 Å². The quantitative estimate of drug-likeness (QED) is 0.543. The van der Waals surface area contributed by atoms with Crippen LogP contribution in [0.1, 0.15) is 30.5 Å². The highest BCUT2D eigenvalue weighted by atomic mass is 32.1. The number of piperidine rings is 1. The van der Waals surface area contributed by atoms with Crippen LogP contribution < -0.4 is 10.2 Å². The highest BCUT2D eigenvalue weighted by Gasteiger charge is 2.24. The van der Waals surface area contributed by atoms with Crippen molar-refractivity contribution in [2.45, 2.75) is 32.7 Å². The van der Waals surface area contributed by atoms with Gasteiger partial charge >= 0.3 is 0 Å². The summed E-state index contributed by atoms with van der Waals surface area (Å²) in [5, 5.41) is 6.89. The molecule has 0 aliphatic carbocycles. The maximum absolute atomic E-state index is 4.63. The Labute approximate surface area is 188 Å². The molecule has 0 unspecified atom stereocenters. The molecule has 30 heavy (non-hydrogen) atoms. The highest BCUT2D eigenvalue weighted by molar-refractivity contribution is 7.10. The van der Waals surface area contributed by atoms with Crippen LogP contribution in [0.4, 0.5) is 5.13 Å². The topological polar surface area (TPSA) is 59.9 Å². The van der Waals surface area contributed by atoms with Gasteiger partial charge in [-0.25, -0.2) is 4.98 Å². The molecular weight excluding hydrogens is 414 g/mol. The smallest absolute Gasteiger partial charge is 0.205 e. The molecule has 2 aromatic heterocycles. The van der Waals surface area contributed by atoms with Crippen molar-refractivity contribution in [2.75, 3.05) is 57.8 Å². The fourth-order valence-electron chi connectivity index (χ4n) is 4.17. The molecule has 0 saturated carbocycles. The molecule has 9 heteroatoms. The fraction of sp³-hybridized carbons (Fsp3) is 0.667. The number of aryl methyl sites for hydroxylation is 1. The third kappa shape index (κ3) is 5.50. The monoisotopic (exact) mass is 447 g/mol. The molecule has 1 N–H and O–H groups in total. The second-order valence-corrected chi connectivity index (χ2v) is 9.81. The minimum atomic E-state index is 0.733. The van der Waals surface area contributed by atoms with Crippen LogP contribution in [0.5, 0.6) is 0 Å². The predicted octanol–water partition coefficient (Wildman–Crippen LogP) is 2.77. The van der Waals surface area contributed by atoms with Crippen LogP contribution in [-0.2, 0) is 13.0 Å². The number of rotatable bonds is 6. The van der Waals surface area contributed by atoms with Gasteiger partial charge in [0, 0.05) is 69.1 Å². The highest BCUT2D eigenvalue weighted by Crippen LogP contribution is 2.21. The maximum Gasteiger partial charge on any atom is 0.205 e. The lowest BCUT2D eigenvalue weighted by Crippen LogP contribution is -2.53. The van der Waals surface area contributed by atoms with E-state index >= 15 is 0 Å². The number of aliphatic imine (C=N–C) groups is 1. The molecule has 0 spiro atoms.